The topological polar surface area (TPSA) is 96.8 Å². The lowest BCUT2D eigenvalue weighted by molar-refractivity contribution is -0.136. The second-order valence-electron chi connectivity index (χ2n) is 11.4. The number of nitrogens with one attached hydrogen (secondary N) is 1. The predicted molar refractivity (Wildman–Crippen MR) is 147 cm³/mol. The Hall–Kier alpha value is -3.69. The Morgan fingerprint density at radius 3 is 2.60 bits per heavy atom. The van der Waals surface area contributed by atoms with Gasteiger partial charge in [0.05, 0.1) is 25.9 Å². The van der Waals surface area contributed by atoms with E-state index >= 15 is 0 Å². The molecule has 3 aromatic rings. The molecule has 4 aliphatic rings. The van der Waals surface area contributed by atoms with Crippen molar-refractivity contribution < 1.29 is 19.1 Å². The summed E-state index contributed by atoms with van der Waals surface area (Å²) in [5.41, 5.74) is 4.95. The van der Waals surface area contributed by atoms with E-state index in [4.69, 9.17) is 16.3 Å². The van der Waals surface area contributed by atoms with Crippen LogP contribution in [0.25, 0.3) is 0 Å². The quantitative estimate of drug-likeness (QED) is 0.482. The second-order valence-corrected chi connectivity index (χ2v) is 11.8. The van der Waals surface area contributed by atoms with Crippen LogP contribution >= 0.6 is 11.6 Å². The molecular formula is C30H30ClN5O4. The van der Waals surface area contributed by atoms with Crippen molar-refractivity contribution in [3.8, 4) is 5.75 Å². The first-order chi connectivity index (χ1) is 19.4. The van der Waals surface area contributed by atoms with Gasteiger partial charge in [0.2, 0.25) is 11.8 Å². The average Bonchev–Trinajstić information content (AvgIpc) is 3.63. The molecule has 0 bridgehead atoms. The number of aromatic nitrogens is 2. The molecule has 0 aliphatic carbocycles. The molecule has 206 valence electrons. The molecule has 0 radical (unpaired) electrons. The van der Waals surface area contributed by atoms with Crippen LogP contribution in [0.1, 0.15) is 58.3 Å². The fraction of sp³-hybridized carbons (Fsp3) is 0.400. The molecule has 1 aromatic heterocycles. The molecule has 1 spiro atoms. The Labute approximate surface area is 237 Å². The minimum atomic E-state index is -0.623. The van der Waals surface area contributed by atoms with Gasteiger partial charge in [-0.1, -0.05) is 29.8 Å². The van der Waals surface area contributed by atoms with Gasteiger partial charge in [-0.15, -0.1) is 0 Å². The molecule has 40 heavy (non-hydrogen) atoms. The van der Waals surface area contributed by atoms with Gasteiger partial charge < -0.3 is 9.64 Å². The number of ether oxygens (including phenoxy) is 1. The van der Waals surface area contributed by atoms with Gasteiger partial charge >= 0.3 is 0 Å². The van der Waals surface area contributed by atoms with E-state index < -0.39 is 11.9 Å². The Bertz CT molecular complexity index is 1510. The van der Waals surface area contributed by atoms with Crippen LogP contribution in [0.4, 0.5) is 0 Å². The predicted octanol–water partition coefficient (Wildman–Crippen LogP) is 3.27. The largest absolute Gasteiger partial charge is 0.492 e. The number of hydrogen-bond donors (Lipinski definition) is 1. The molecule has 1 atom stereocenters. The summed E-state index contributed by atoms with van der Waals surface area (Å²) < 4.78 is 8.27. The number of nitrogens with zero attached hydrogens (tertiary/aromatic N) is 4. The van der Waals surface area contributed by atoms with Gasteiger partial charge in [-0.25, -0.2) is 0 Å². The monoisotopic (exact) mass is 559 g/mol. The highest BCUT2D eigenvalue weighted by molar-refractivity contribution is 6.30. The summed E-state index contributed by atoms with van der Waals surface area (Å²) in [5.74, 6) is -0.0233. The number of likely N-dealkylation sites (tertiary alicyclic amines) is 1. The Morgan fingerprint density at radius 1 is 1.02 bits per heavy atom. The van der Waals surface area contributed by atoms with Crippen LogP contribution in [0.5, 0.6) is 5.75 Å². The van der Waals surface area contributed by atoms with Gasteiger partial charge in [0.25, 0.3) is 5.91 Å². The average molecular weight is 560 g/mol. The first-order valence-corrected chi connectivity index (χ1v) is 14.2. The van der Waals surface area contributed by atoms with Crippen molar-refractivity contribution in [3.05, 3.63) is 81.6 Å². The fourth-order valence-corrected chi connectivity index (χ4v) is 6.77. The molecule has 2 fully saturated rings. The maximum atomic E-state index is 13.2. The summed E-state index contributed by atoms with van der Waals surface area (Å²) >= 11 is 6.00. The normalized spacial score (nSPS) is 21.9. The van der Waals surface area contributed by atoms with Crippen molar-refractivity contribution >= 4 is 29.3 Å². The molecule has 2 aromatic carbocycles. The van der Waals surface area contributed by atoms with E-state index in [0.29, 0.717) is 31.7 Å². The van der Waals surface area contributed by atoms with Gasteiger partial charge in [0.1, 0.15) is 11.8 Å². The summed E-state index contributed by atoms with van der Waals surface area (Å²) in [6.45, 7) is 4.41. The lowest BCUT2D eigenvalue weighted by Crippen LogP contribution is -2.52. The fourth-order valence-electron chi connectivity index (χ4n) is 6.65. The third-order valence-electron chi connectivity index (χ3n) is 8.89. The Balaban J connectivity index is 1.01. The number of fused-ring (bicyclic) bond motifs is 4. The minimum absolute atomic E-state index is 0.0648. The Morgan fingerprint density at radius 2 is 1.82 bits per heavy atom. The van der Waals surface area contributed by atoms with E-state index in [1.807, 2.05) is 41.2 Å². The smallest absolute Gasteiger partial charge is 0.255 e. The number of amides is 3. The van der Waals surface area contributed by atoms with Crippen LogP contribution in [0.15, 0.2) is 48.8 Å². The molecule has 7 rings (SSSR count). The van der Waals surface area contributed by atoms with Crippen molar-refractivity contribution in [2.45, 2.75) is 56.8 Å². The van der Waals surface area contributed by atoms with Crippen LogP contribution in [-0.2, 0) is 34.6 Å². The van der Waals surface area contributed by atoms with E-state index in [-0.39, 0.29) is 23.7 Å². The van der Waals surface area contributed by atoms with Gasteiger partial charge in [0, 0.05) is 51.9 Å². The summed E-state index contributed by atoms with van der Waals surface area (Å²) in [6, 6.07) is 11.2. The molecule has 4 aliphatic heterocycles. The van der Waals surface area contributed by atoms with Gasteiger partial charge in [-0.05, 0) is 56.1 Å². The van der Waals surface area contributed by atoms with Crippen molar-refractivity contribution in [1.82, 2.24) is 24.9 Å². The van der Waals surface area contributed by atoms with Crippen molar-refractivity contribution in [1.29, 1.82) is 0 Å². The highest BCUT2D eigenvalue weighted by Crippen LogP contribution is 2.49. The summed E-state index contributed by atoms with van der Waals surface area (Å²) in [5, 5.41) is 7.65. The van der Waals surface area contributed by atoms with Crippen molar-refractivity contribution in [2.24, 2.45) is 0 Å². The summed E-state index contributed by atoms with van der Waals surface area (Å²) in [7, 11) is 0. The van der Waals surface area contributed by atoms with E-state index in [1.165, 1.54) is 11.1 Å². The molecule has 10 heteroatoms. The zero-order valence-electron chi connectivity index (χ0n) is 22.1. The van der Waals surface area contributed by atoms with Crippen molar-refractivity contribution in [3.63, 3.8) is 0 Å². The number of hydrogen-bond acceptors (Lipinski definition) is 6. The van der Waals surface area contributed by atoms with Crippen LogP contribution in [-0.4, -0.2) is 63.0 Å². The molecule has 0 saturated carbocycles. The highest BCUT2D eigenvalue weighted by atomic mass is 35.5. The lowest BCUT2D eigenvalue weighted by Gasteiger charge is -2.38. The maximum Gasteiger partial charge on any atom is 0.255 e. The SMILES string of the molecule is O=C1CCC(N2Cc3c(ccc4c3OCC43CCN(Cc4cnn(Cc5ccc(Cl)cc5)c4)CC3)C2=O)C(=O)N1. The third kappa shape index (κ3) is 4.37. The molecule has 1 N–H and O–H groups in total. The number of imide groups is 1. The number of benzene rings is 2. The van der Waals surface area contributed by atoms with Crippen molar-refractivity contribution in [2.75, 3.05) is 19.7 Å². The Kier molecular flexibility index (Phi) is 6.16. The molecule has 2 saturated heterocycles. The van der Waals surface area contributed by atoms with Gasteiger partial charge in [0.15, 0.2) is 0 Å². The standard InChI is InChI=1S/C30H30ClN5O4/c31-21-3-1-19(2-4-21)15-35-16-20(13-32-35)14-34-11-9-30(10-12-34)18-40-27-23-17-36(25-7-8-26(37)33-28(25)38)29(39)22(23)5-6-24(27)30/h1-6,13,16,25H,7-12,14-15,17-18H2,(H,33,37,38). The second kappa shape index (κ2) is 9.74. The number of carbonyl (C=O) groups excluding carboxylic acids is 3. The van der Waals surface area contributed by atoms with E-state index in [1.54, 1.807) is 4.90 Å². The number of piperidine rings is 2. The molecule has 5 heterocycles. The third-order valence-corrected chi connectivity index (χ3v) is 9.15. The van der Waals surface area contributed by atoms with Crippen LogP contribution in [0.3, 0.4) is 0 Å². The molecule has 3 amide bonds. The van der Waals surface area contributed by atoms with Crippen LogP contribution in [0, 0.1) is 0 Å². The number of carbonyl (C=O) groups is 3. The molecule has 1 unspecified atom stereocenters. The summed E-state index contributed by atoms with van der Waals surface area (Å²) in [6.07, 6.45) is 6.61. The first-order valence-electron chi connectivity index (χ1n) is 13.8. The van der Waals surface area contributed by atoms with E-state index in [2.05, 4.69) is 27.6 Å². The number of halogens is 1. The van der Waals surface area contributed by atoms with Crippen LogP contribution < -0.4 is 10.1 Å². The lowest BCUT2D eigenvalue weighted by atomic mass is 9.74. The van der Waals surface area contributed by atoms with Crippen LogP contribution in [0.2, 0.25) is 5.02 Å². The van der Waals surface area contributed by atoms with Gasteiger partial charge in [-0.2, -0.15) is 5.10 Å². The number of rotatable bonds is 5. The zero-order chi connectivity index (χ0) is 27.4. The van der Waals surface area contributed by atoms with Gasteiger partial charge in [-0.3, -0.25) is 29.3 Å². The van der Waals surface area contributed by atoms with E-state index in [9.17, 15) is 14.4 Å². The zero-order valence-corrected chi connectivity index (χ0v) is 22.8. The first kappa shape index (κ1) is 25.3. The van der Waals surface area contributed by atoms with E-state index in [0.717, 1.165) is 54.4 Å². The minimum Gasteiger partial charge on any atom is -0.492 e. The molecular weight excluding hydrogens is 530 g/mol. The highest BCUT2D eigenvalue weighted by Gasteiger charge is 2.47. The maximum absolute atomic E-state index is 13.2. The molecule has 9 nitrogen and oxygen atoms in total. The summed E-state index contributed by atoms with van der Waals surface area (Å²) in [4.78, 5) is 41.3.